The lowest BCUT2D eigenvalue weighted by Crippen LogP contribution is -2.16. The van der Waals surface area contributed by atoms with Gasteiger partial charge in [-0.3, -0.25) is 0 Å². The normalized spacial score (nSPS) is 13.4. The molecule has 1 aromatic carbocycles. The van der Waals surface area contributed by atoms with Gasteiger partial charge in [-0.05, 0) is 38.5 Å². The number of benzene rings is 1. The summed E-state index contributed by atoms with van der Waals surface area (Å²) in [5, 5.41) is 15.1. The molecule has 3 heterocycles. The van der Waals surface area contributed by atoms with Gasteiger partial charge in [-0.25, -0.2) is 0 Å². The standard InChI is InChI=1S/C18H16F3N5O/c1-9-10(2)16-23-24-17(18(19,20)21)26(16)25-15(9)22-11(3)14-8-12-6-4-5-7-13(12)27-14/h4-8,11H,1-3H3,(H,22,25)/t11-/m1/s1. The molecule has 0 radical (unpaired) electrons. The maximum Gasteiger partial charge on any atom is 0.453 e. The van der Waals surface area contributed by atoms with E-state index in [0.29, 0.717) is 22.7 Å². The van der Waals surface area contributed by atoms with Crippen LogP contribution in [0.25, 0.3) is 16.6 Å². The maximum absolute atomic E-state index is 13.2. The van der Waals surface area contributed by atoms with Crippen molar-refractivity contribution in [2.75, 3.05) is 5.32 Å². The van der Waals surface area contributed by atoms with Gasteiger partial charge in [0.2, 0.25) is 0 Å². The first-order valence-electron chi connectivity index (χ1n) is 8.30. The molecule has 0 bridgehead atoms. The van der Waals surface area contributed by atoms with Crippen LogP contribution in [-0.2, 0) is 6.18 Å². The minimum atomic E-state index is -4.64. The molecule has 0 unspecified atom stereocenters. The van der Waals surface area contributed by atoms with Gasteiger partial charge < -0.3 is 9.73 Å². The number of anilines is 1. The minimum absolute atomic E-state index is 0.0850. The second kappa shape index (κ2) is 5.97. The van der Waals surface area contributed by atoms with E-state index in [9.17, 15) is 13.2 Å². The molecule has 0 saturated carbocycles. The number of furan rings is 1. The van der Waals surface area contributed by atoms with Gasteiger partial charge in [0.05, 0.1) is 6.04 Å². The third kappa shape index (κ3) is 2.88. The van der Waals surface area contributed by atoms with E-state index >= 15 is 0 Å². The summed E-state index contributed by atoms with van der Waals surface area (Å²) < 4.78 is 46.0. The Bertz CT molecular complexity index is 1110. The van der Waals surface area contributed by atoms with E-state index in [1.165, 1.54) is 0 Å². The van der Waals surface area contributed by atoms with Crippen LogP contribution in [0.5, 0.6) is 0 Å². The number of alkyl halides is 3. The molecule has 27 heavy (non-hydrogen) atoms. The van der Waals surface area contributed by atoms with Crippen LogP contribution in [0.3, 0.4) is 0 Å². The van der Waals surface area contributed by atoms with Gasteiger partial charge in [0, 0.05) is 10.9 Å². The molecular weight excluding hydrogens is 359 g/mol. The SMILES string of the molecule is Cc1c(N[C@H](C)c2cc3ccccc3o2)nn2c(C(F)(F)F)nnc2c1C. The first-order chi connectivity index (χ1) is 12.8. The van der Waals surface area contributed by atoms with E-state index in [1.807, 2.05) is 37.3 Å². The van der Waals surface area contributed by atoms with E-state index in [4.69, 9.17) is 4.42 Å². The van der Waals surface area contributed by atoms with Crippen molar-refractivity contribution >= 4 is 22.4 Å². The highest BCUT2D eigenvalue weighted by atomic mass is 19.4. The molecular formula is C18H16F3N5O. The quantitative estimate of drug-likeness (QED) is 0.563. The molecule has 0 saturated heterocycles. The number of para-hydroxylation sites is 1. The number of nitrogens with one attached hydrogen (secondary N) is 1. The first-order valence-corrected chi connectivity index (χ1v) is 8.30. The van der Waals surface area contributed by atoms with Crippen LogP contribution < -0.4 is 5.32 Å². The highest BCUT2D eigenvalue weighted by Gasteiger charge is 2.38. The summed E-state index contributed by atoms with van der Waals surface area (Å²) in [7, 11) is 0. The molecule has 0 spiro atoms. The summed E-state index contributed by atoms with van der Waals surface area (Å²) in [4.78, 5) is 0. The Hall–Kier alpha value is -3.10. The summed E-state index contributed by atoms with van der Waals surface area (Å²) >= 11 is 0. The molecule has 0 fully saturated rings. The van der Waals surface area contributed by atoms with Gasteiger partial charge in [0.1, 0.15) is 11.3 Å². The van der Waals surface area contributed by atoms with Gasteiger partial charge in [-0.1, -0.05) is 18.2 Å². The Morgan fingerprint density at radius 1 is 1.11 bits per heavy atom. The average Bonchev–Trinajstić information content (AvgIpc) is 3.23. The van der Waals surface area contributed by atoms with Crippen molar-refractivity contribution in [2.24, 2.45) is 0 Å². The monoisotopic (exact) mass is 375 g/mol. The van der Waals surface area contributed by atoms with Crippen LogP contribution in [0.4, 0.5) is 19.0 Å². The van der Waals surface area contributed by atoms with Gasteiger partial charge in [-0.15, -0.1) is 15.3 Å². The minimum Gasteiger partial charge on any atom is -0.459 e. The predicted octanol–water partition coefficient (Wildman–Crippen LogP) is 4.68. The van der Waals surface area contributed by atoms with Crippen molar-refractivity contribution in [3.63, 3.8) is 0 Å². The zero-order chi connectivity index (χ0) is 19.3. The van der Waals surface area contributed by atoms with E-state index in [0.717, 1.165) is 15.5 Å². The number of hydrogen-bond donors (Lipinski definition) is 1. The summed E-state index contributed by atoms with van der Waals surface area (Å²) in [6.07, 6.45) is -4.64. The topological polar surface area (TPSA) is 68.2 Å². The Labute approximate surface area is 152 Å². The average molecular weight is 375 g/mol. The fraction of sp³-hybridized carbons (Fsp3) is 0.278. The molecule has 9 heteroatoms. The summed E-state index contributed by atoms with van der Waals surface area (Å²) in [6.45, 7) is 5.32. The van der Waals surface area contributed by atoms with Crippen molar-refractivity contribution < 1.29 is 17.6 Å². The van der Waals surface area contributed by atoms with Crippen LogP contribution in [0.2, 0.25) is 0 Å². The van der Waals surface area contributed by atoms with Crippen LogP contribution >= 0.6 is 0 Å². The molecule has 140 valence electrons. The number of aryl methyl sites for hydroxylation is 1. The van der Waals surface area contributed by atoms with E-state index in [2.05, 4.69) is 20.6 Å². The number of hydrogen-bond acceptors (Lipinski definition) is 5. The zero-order valence-electron chi connectivity index (χ0n) is 14.8. The zero-order valence-corrected chi connectivity index (χ0v) is 14.8. The van der Waals surface area contributed by atoms with Crippen LogP contribution in [0.1, 0.15) is 35.7 Å². The molecule has 0 aliphatic carbocycles. The molecule has 4 rings (SSSR count). The van der Waals surface area contributed by atoms with E-state index in [-0.39, 0.29) is 11.7 Å². The summed E-state index contributed by atoms with van der Waals surface area (Å²) in [5.74, 6) is -0.173. The fourth-order valence-corrected chi connectivity index (χ4v) is 2.93. The Balaban J connectivity index is 1.75. The molecule has 0 amide bonds. The van der Waals surface area contributed by atoms with Crippen molar-refractivity contribution in [3.05, 3.63) is 53.0 Å². The lowest BCUT2D eigenvalue weighted by atomic mass is 10.1. The summed E-state index contributed by atoms with van der Waals surface area (Å²) in [5.41, 5.74) is 2.11. The fourth-order valence-electron chi connectivity index (χ4n) is 2.93. The number of nitrogens with zero attached hydrogens (tertiary/aromatic N) is 4. The van der Waals surface area contributed by atoms with E-state index in [1.54, 1.807) is 13.8 Å². The van der Waals surface area contributed by atoms with Crippen molar-refractivity contribution in [1.82, 2.24) is 19.8 Å². The Kier molecular flexibility index (Phi) is 3.83. The van der Waals surface area contributed by atoms with Gasteiger partial charge in [-0.2, -0.15) is 17.7 Å². The Morgan fingerprint density at radius 2 is 1.85 bits per heavy atom. The molecule has 0 aliphatic rings. The van der Waals surface area contributed by atoms with Gasteiger partial charge >= 0.3 is 6.18 Å². The third-order valence-electron chi connectivity index (χ3n) is 4.57. The molecule has 0 aliphatic heterocycles. The van der Waals surface area contributed by atoms with Gasteiger partial charge in [0.15, 0.2) is 11.5 Å². The maximum atomic E-state index is 13.2. The third-order valence-corrected chi connectivity index (χ3v) is 4.57. The predicted molar refractivity (Wildman–Crippen MR) is 93.5 cm³/mol. The smallest absolute Gasteiger partial charge is 0.453 e. The molecule has 4 aromatic rings. The largest absolute Gasteiger partial charge is 0.459 e. The lowest BCUT2D eigenvalue weighted by molar-refractivity contribution is -0.146. The van der Waals surface area contributed by atoms with Crippen LogP contribution in [0.15, 0.2) is 34.7 Å². The Morgan fingerprint density at radius 3 is 2.56 bits per heavy atom. The van der Waals surface area contributed by atoms with Crippen molar-refractivity contribution in [1.29, 1.82) is 0 Å². The first kappa shape index (κ1) is 17.3. The number of fused-ring (bicyclic) bond motifs is 2. The number of rotatable bonds is 3. The molecule has 6 nitrogen and oxygen atoms in total. The summed E-state index contributed by atoms with van der Waals surface area (Å²) in [6, 6.07) is 9.17. The molecule has 1 N–H and O–H groups in total. The number of halogens is 3. The van der Waals surface area contributed by atoms with Crippen molar-refractivity contribution in [3.8, 4) is 0 Å². The molecule has 1 atom stereocenters. The van der Waals surface area contributed by atoms with Crippen molar-refractivity contribution in [2.45, 2.75) is 33.0 Å². The van der Waals surface area contributed by atoms with Crippen LogP contribution in [0, 0.1) is 13.8 Å². The lowest BCUT2D eigenvalue weighted by Gasteiger charge is -2.16. The number of aromatic nitrogens is 4. The highest BCUT2D eigenvalue weighted by molar-refractivity contribution is 5.78. The van der Waals surface area contributed by atoms with Crippen LogP contribution in [-0.4, -0.2) is 19.8 Å². The molecule has 3 aromatic heterocycles. The second-order valence-electron chi connectivity index (χ2n) is 6.41. The second-order valence-corrected chi connectivity index (χ2v) is 6.41. The van der Waals surface area contributed by atoms with E-state index < -0.39 is 12.0 Å². The van der Waals surface area contributed by atoms with Gasteiger partial charge in [0.25, 0.3) is 5.82 Å². The highest BCUT2D eigenvalue weighted by Crippen LogP contribution is 2.31.